The van der Waals surface area contributed by atoms with E-state index in [1.165, 1.54) is 6.20 Å². The number of aliphatic imine (C=N–C) groups is 1. The first-order chi connectivity index (χ1) is 8.24. The van der Waals surface area contributed by atoms with Crippen molar-refractivity contribution in [3.05, 3.63) is 12.0 Å². The van der Waals surface area contributed by atoms with Gasteiger partial charge in [0.05, 0.1) is 0 Å². The number of halogens is 2. The number of hydrogen-bond donors (Lipinski definition) is 3. The van der Waals surface area contributed by atoms with Crippen molar-refractivity contribution in [1.82, 2.24) is 16.0 Å². The molecule has 17 heavy (non-hydrogen) atoms. The van der Waals surface area contributed by atoms with Gasteiger partial charge in [-0.3, -0.25) is 0 Å². The van der Waals surface area contributed by atoms with E-state index < -0.39 is 6.61 Å². The summed E-state index contributed by atoms with van der Waals surface area (Å²) in [6.07, 6.45) is 3.48. The molecule has 1 saturated heterocycles. The molecule has 0 atom stereocenters. The lowest BCUT2D eigenvalue weighted by Gasteiger charge is -2.26. The molecule has 0 aromatic rings. The van der Waals surface area contributed by atoms with Crippen LogP contribution in [0.2, 0.25) is 0 Å². The lowest BCUT2D eigenvalue weighted by atomic mass is 10.1. The molecule has 0 unspecified atom stereocenters. The van der Waals surface area contributed by atoms with Crippen molar-refractivity contribution in [2.45, 2.75) is 25.5 Å². The standard InChI is InChI=1S/C10H16F2N4O/c11-9(12)17-8-5-14-10(15-6-8)16-7-1-3-13-4-2-7/h5,7,9,13H,1-4,6H2,(H2,14,15,16). The molecule has 0 aromatic heterocycles. The summed E-state index contributed by atoms with van der Waals surface area (Å²) < 4.78 is 28.1. The van der Waals surface area contributed by atoms with E-state index >= 15 is 0 Å². The van der Waals surface area contributed by atoms with Crippen LogP contribution in [0.25, 0.3) is 0 Å². The molecule has 2 rings (SSSR count). The number of ether oxygens (including phenoxy) is 1. The van der Waals surface area contributed by atoms with Gasteiger partial charge in [-0.1, -0.05) is 0 Å². The molecule has 0 aliphatic carbocycles. The summed E-state index contributed by atoms with van der Waals surface area (Å²) in [5.41, 5.74) is 0. The topological polar surface area (TPSA) is 57.7 Å². The van der Waals surface area contributed by atoms with Gasteiger partial charge in [-0.15, -0.1) is 0 Å². The molecule has 0 amide bonds. The maximum absolute atomic E-state index is 11.9. The van der Waals surface area contributed by atoms with Crippen molar-refractivity contribution < 1.29 is 13.5 Å². The molecule has 0 spiro atoms. The van der Waals surface area contributed by atoms with E-state index in [0.717, 1.165) is 25.9 Å². The molecule has 0 radical (unpaired) electrons. The van der Waals surface area contributed by atoms with Crippen molar-refractivity contribution in [1.29, 1.82) is 0 Å². The molecule has 7 heteroatoms. The fraction of sp³-hybridized carbons (Fsp3) is 0.700. The van der Waals surface area contributed by atoms with E-state index in [1.54, 1.807) is 0 Å². The van der Waals surface area contributed by atoms with Crippen molar-refractivity contribution >= 4 is 5.96 Å². The predicted octanol–water partition coefficient (Wildman–Crippen LogP) is 0.368. The van der Waals surface area contributed by atoms with Gasteiger partial charge >= 0.3 is 6.61 Å². The normalized spacial score (nSPS) is 21.6. The van der Waals surface area contributed by atoms with Crippen LogP contribution in [-0.4, -0.2) is 38.2 Å². The number of alkyl halides is 2. The molecule has 0 aromatic carbocycles. The van der Waals surface area contributed by atoms with Gasteiger partial charge in [-0.25, -0.2) is 4.99 Å². The van der Waals surface area contributed by atoms with E-state index in [2.05, 4.69) is 25.7 Å². The van der Waals surface area contributed by atoms with E-state index in [4.69, 9.17) is 0 Å². The summed E-state index contributed by atoms with van der Waals surface area (Å²) in [5.74, 6) is 0.773. The number of nitrogens with one attached hydrogen (secondary N) is 3. The van der Waals surface area contributed by atoms with Crippen LogP contribution in [0.15, 0.2) is 17.0 Å². The Kier molecular flexibility index (Phi) is 4.13. The highest BCUT2D eigenvalue weighted by atomic mass is 19.3. The second kappa shape index (κ2) is 5.81. The van der Waals surface area contributed by atoms with Gasteiger partial charge in [-0.05, 0) is 25.9 Å². The van der Waals surface area contributed by atoms with E-state index in [1.807, 2.05) is 0 Å². The van der Waals surface area contributed by atoms with Crippen LogP contribution < -0.4 is 16.0 Å². The van der Waals surface area contributed by atoms with Crippen LogP contribution in [-0.2, 0) is 4.74 Å². The Bertz CT molecular complexity index is 313. The summed E-state index contributed by atoms with van der Waals surface area (Å²) in [5, 5.41) is 9.33. The molecule has 2 aliphatic heterocycles. The molecule has 0 saturated carbocycles. The third kappa shape index (κ3) is 3.85. The largest absolute Gasteiger partial charge is 0.436 e. The highest BCUT2D eigenvalue weighted by molar-refractivity contribution is 5.82. The molecular formula is C10H16F2N4O. The summed E-state index contributed by atoms with van der Waals surface area (Å²) in [6.45, 7) is -0.678. The number of piperidine rings is 1. The quantitative estimate of drug-likeness (QED) is 0.673. The van der Waals surface area contributed by atoms with Gasteiger partial charge < -0.3 is 20.7 Å². The first-order valence-electron chi connectivity index (χ1n) is 5.66. The van der Waals surface area contributed by atoms with Crippen LogP contribution in [0.1, 0.15) is 12.8 Å². The second-order valence-electron chi connectivity index (χ2n) is 3.97. The Hall–Kier alpha value is -1.37. The van der Waals surface area contributed by atoms with Crippen LogP contribution in [0, 0.1) is 0 Å². The monoisotopic (exact) mass is 246 g/mol. The van der Waals surface area contributed by atoms with Gasteiger partial charge in [0.25, 0.3) is 0 Å². The predicted molar refractivity (Wildman–Crippen MR) is 59.6 cm³/mol. The fourth-order valence-electron chi connectivity index (χ4n) is 1.83. The van der Waals surface area contributed by atoms with E-state index in [-0.39, 0.29) is 12.3 Å². The van der Waals surface area contributed by atoms with Crippen molar-refractivity contribution in [2.24, 2.45) is 4.99 Å². The maximum atomic E-state index is 11.9. The van der Waals surface area contributed by atoms with E-state index in [9.17, 15) is 8.78 Å². The first kappa shape index (κ1) is 12.1. The van der Waals surface area contributed by atoms with Crippen LogP contribution in [0.5, 0.6) is 0 Å². The van der Waals surface area contributed by atoms with Crippen LogP contribution >= 0.6 is 0 Å². The average Bonchev–Trinajstić information content (AvgIpc) is 2.32. The molecular weight excluding hydrogens is 230 g/mol. The van der Waals surface area contributed by atoms with Gasteiger partial charge in [-0.2, -0.15) is 8.78 Å². The lowest BCUT2D eigenvalue weighted by Crippen LogP contribution is -2.47. The summed E-state index contributed by atoms with van der Waals surface area (Å²) in [6, 6.07) is 0.383. The molecule has 3 N–H and O–H groups in total. The summed E-state index contributed by atoms with van der Waals surface area (Å²) in [4.78, 5) is 4.11. The zero-order chi connectivity index (χ0) is 12.1. The number of nitrogens with zero attached hydrogens (tertiary/aromatic N) is 1. The summed E-state index contributed by atoms with van der Waals surface area (Å²) >= 11 is 0. The third-order valence-electron chi connectivity index (χ3n) is 2.68. The highest BCUT2D eigenvalue weighted by Crippen LogP contribution is 2.08. The van der Waals surface area contributed by atoms with Crippen LogP contribution in [0.3, 0.4) is 0 Å². The average molecular weight is 246 g/mol. The number of rotatable bonds is 3. The Morgan fingerprint density at radius 3 is 2.76 bits per heavy atom. The van der Waals surface area contributed by atoms with Crippen molar-refractivity contribution in [2.75, 3.05) is 19.6 Å². The second-order valence-corrected chi connectivity index (χ2v) is 3.97. The minimum absolute atomic E-state index is 0.143. The van der Waals surface area contributed by atoms with Crippen molar-refractivity contribution in [3.63, 3.8) is 0 Å². The Morgan fingerprint density at radius 2 is 2.18 bits per heavy atom. The van der Waals surface area contributed by atoms with E-state index in [0.29, 0.717) is 12.0 Å². The van der Waals surface area contributed by atoms with Gasteiger partial charge in [0, 0.05) is 12.2 Å². The number of guanidine groups is 1. The lowest BCUT2D eigenvalue weighted by molar-refractivity contribution is -0.0969. The molecule has 96 valence electrons. The van der Waals surface area contributed by atoms with Gasteiger partial charge in [0.15, 0.2) is 5.96 Å². The minimum atomic E-state index is -2.79. The minimum Gasteiger partial charge on any atom is -0.436 e. The highest BCUT2D eigenvalue weighted by Gasteiger charge is 2.16. The SMILES string of the molecule is FC(F)OC1=CNC(NC2CCNCC2)=NC1. The zero-order valence-electron chi connectivity index (χ0n) is 9.38. The summed E-state index contributed by atoms with van der Waals surface area (Å²) in [7, 11) is 0. The third-order valence-corrected chi connectivity index (χ3v) is 2.68. The smallest absolute Gasteiger partial charge is 0.387 e. The Labute approximate surface area is 98.3 Å². The number of hydrogen-bond acceptors (Lipinski definition) is 5. The molecule has 2 aliphatic rings. The van der Waals surface area contributed by atoms with Crippen LogP contribution in [0.4, 0.5) is 8.78 Å². The first-order valence-corrected chi connectivity index (χ1v) is 5.66. The fourth-order valence-corrected chi connectivity index (χ4v) is 1.83. The zero-order valence-corrected chi connectivity index (χ0v) is 9.38. The van der Waals surface area contributed by atoms with Crippen molar-refractivity contribution in [3.8, 4) is 0 Å². The maximum Gasteiger partial charge on any atom is 0.387 e. The van der Waals surface area contributed by atoms with Gasteiger partial charge in [0.2, 0.25) is 0 Å². The molecule has 2 heterocycles. The Balaban J connectivity index is 1.75. The molecule has 5 nitrogen and oxygen atoms in total. The Morgan fingerprint density at radius 1 is 1.41 bits per heavy atom. The molecule has 0 bridgehead atoms. The molecule has 1 fully saturated rings. The van der Waals surface area contributed by atoms with Gasteiger partial charge in [0.1, 0.15) is 12.3 Å².